The van der Waals surface area contributed by atoms with Crippen LogP contribution >= 0.6 is 0 Å². The first-order valence-electron chi connectivity index (χ1n) is 9.54. The second kappa shape index (κ2) is 6.45. The lowest BCUT2D eigenvalue weighted by Gasteiger charge is -2.23. The maximum Gasteiger partial charge on any atom is 0.235 e. The van der Waals surface area contributed by atoms with Crippen molar-refractivity contribution in [2.45, 2.75) is 25.2 Å². The van der Waals surface area contributed by atoms with Crippen LogP contribution in [0.1, 0.15) is 11.3 Å². The van der Waals surface area contributed by atoms with Crippen LogP contribution in [0.5, 0.6) is 5.75 Å². The maximum absolute atomic E-state index is 13.2. The highest BCUT2D eigenvalue weighted by Crippen LogP contribution is 2.52. The summed E-state index contributed by atoms with van der Waals surface area (Å²) >= 11 is 0. The van der Waals surface area contributed by atoms with Gasteiger partial charge in [0.05, 0.1) is 31.6 Å². The Morgan fingerprint density at radius 3 is 3.00 bits per heavy atom. The summed E-state index contributed by atoms with van der Waals surface area (Å²) in [5.74, 6) is 0.246. The molecule has 1 N–H and O–H groups in total. The third-order valence-corrected chi connectivity index (χ3v) is 5.94. The topological polar surface area (TPSA) is 93.9 Å². The normalized spacial score (nSPS) is 29.4. The van der Waals surface area contributed by atoms with Crippen LogP contribution in [0.3, 0.4) is 0 Å². The van der Waals surface area contributed by atoms with Gasteiger partial charge in [-0.2, -0.15) is 0 Å². The van der Waals surface area contributed by atoms with E-state index in [4.69, 9.17) is 14.0 Å². The van der Waals surface area contributed by atoms with E-state index < -0.39 is 23.5 Å². The zero-order valence-electron chi connectivity index (χ0n) is 16.1. The van der Waals surface area contributed by atoms with Crippen LogP contribution in [-0.4, -0.2) is 42.3 Å². The molecule has 4 heterocycles. The number of hydrogen-bond donors (Lipinski definition) is 1. The van der Waals surface area contributed by atoms with Crippen molar-refractivity contribution in [3.05, 3.63) is 53.8 Å². The number of rotatable bonds is 5. The molecular weight excluding hydrogens is 374 g/mol. The quantitative estimate of drug-likeness (QED) is 0.773. The fourth-order valence-corrected chi connectivity index (χ4v) is 4.62. The van der Waals surface area contributed by atoms with E-state index in [1.54, 1.807) is 25.0 Å². The lowest BCUT2D eigenvalue weighted by Crippen LogP contribution is -2.44. The highest BCUT2D eigenvalue weighted by molar-refractivity contribution is 6.02. The molecular formula is C21H21N3O5. The third-order valence-electron chi connectivity index (χ3n) is 5.94. The molecule has 29 heavy (non-hydrogen) atoms. The second-order valence-electron chi connectivity index (χ2n) is 7.65. The average Bonchev–Trinajstić information content (AvgIpc) is 3.47. The van der Waals surface area contributed by atoms with Crippen LogP contribution < -0.4 is 15.0 Å². The minimum Gasteiger partial charge on any atom is -0.496 e. The number of fused-ring (bicyclic) bond motifs is 1. The number of benzene rings is 1. The maximum atomic E-state index is 13.2. The Hall–Kier alpha value is -3.13. The monoisotopic (exact) mass is 395 g/mol. The van der Waals surface area contributed by atoms with Gasteiger partial charge in [0.25, 0.3) is 0 Å². The highest BCUT2D eigenvalue weighted by Gasteiger charge is 2.67. The SMILES string of the molecule is COc1ccccc1CNC(=O)C1C2C=C[C@@]3(CN(c4cc(C)on4)C(=O)C13)O2. The van der Waals surface area contributed by atoms with Crippen LogP contribution in [-0.2, 0) is 20.9 Å². The number of carbonyl (C=O) groups excluding carboxylic acids is 2. The summed E-state index contributed by atoms with van der Waals surface area (Å²) in [6.45, 7) is 2.41. The summed E-state index contributed by atoms with van der Waals surface area (Å²) in [5.41, 5.74) is 0.0799. The van der Waals surface area contributed by atoms with E-state index in [-0.39, 0.29) is 11.8 Å². The Kier molecular flexibility index (Phi) is 3.99. The molecule has 1 aromatic carbocycles. The molecule has 2 saturated heterocycles. The van der Waals surface area contributed by atoms with E-state index in [2.05, 4.69) is 10.5 Å². The molecule has 2 aromatic rings. The van der Waals surface area contributed by atoms with Gasteiger partial charge >= 0.3 is 0 Å². The smallest absolute Gasteiger partial charge is 0.235 e. The summed E-state index contributed by atoms with van der Waals surface area (Å²) in [4.78, 5) is 27.8. The number of para-hydroxylation sites is 1. The number of aromatic nitrogens is 1. The number of amides is 2. The van der Waals surface area contributed by atoms with Crippen LogP contribution in [0.25, 0.3) is 0 Å². The predicted molar refractivity (Wildman–Crippen MR) is 102 cm³/mol. The molecule has 5 rings (SSSR count). The number of methoxy groups -OCH3 is 1. The highest BCUT2D eigenvalue weighted by atomic mass is 16.5. The molecule has 0 aliphatic carbocycles. The van der Waals surface area contributed by atoms with E-state index in [0.29, 0.717) is 30.4 Å². The number of hydrogen-bond acceptors (Lipinski definition) is 6. The molecule has 3 aliphatic rings. The lowest BCUT2D eigenvalue weighted by molar-refractivity contribution is -0.132. The number of carbonyl (C=O) groups is 2. The zero-order valence-corrected chi connectivity index (χ0v) is 16.1. The van der Waals surface area contributed by atoms with Gasteiger partial charge in [-0.25, -0.2) is 0 Å². The van der Waals surface area contributed by atoms with Crippen molar-refractivity contribution in [2.75, 3.05) is 18.6 Å². The van der Waals surface area contributed by atoms with E-state index in [9.17, 15) is 9.59 Å². The molecule has 2 bridgehead atoms. The molecule has 1 spiro atoms. The van der Waals surface area contributed by atoms with Gasteiger partial charge in [-0.15, -0.1) is 0 Å². The summed E-state index contributed by atoms with van der Waals surface area (Å²) in [6, 6.07) is 9.22. The lowest BCUT2D eigenvalue weighted by atomic mass is 9.77. The van der Waals surface area contributed by atoms with Crippen LogP contribution in [0, 0.1) is 18.8 Å². The van der Waals surface area contributed by atoms with Crippen LogP contribution in [0.4, 0.5) is 5.82 Å². The molecule has 150 valence electrons. The Balaban J connectivity index is 1.37. The molecule has 2 fully saturated rings. The van der Waals surface area contributed by atoms with Crippen molar-refractivity contribution >= 4 is 17.6 Å². The van der Waals surface area contributed by atoms with E-state index in [1.807, 2.05) is 36.4 Å². The van der Waals surface area contributed by atoms with E-state index in [1.165, 1.54) is 0 Å². The molecule has 3 unspecified atom stereocenters. The number of nitrogens with zero attached hydrogens (tertiary/aromatic N) is 2. The van der Waals surface area contributed by atoms with Gasteiger partial charge in [0.1, 0.15) is 17.1 Å². The van der Waals surface area contributed by atoms with E-state index in [0.717, 1.165) is 5.56 Å². The average molecular weight is 395 g/mol. The zero-order chi connectivity index (χ0) is 20.2. The summed E-state index contributed by atoms with van der Waals surface area (Å²) < 4.78 is 16.6. The molecule has 3 aliphatic heterocycles. The number of anilines is 1. The Bertz CT molecular complexity index is 1020. The summed E-state index contributed by atoms with van der Waals surface area (Å²) in [5, 5.41) is 6.91. The van der Waals surface area contributed by atoms with Crippen molar-refractivity contribution in [1.29, 1.82) is 0 Å². The van der Waals surface area contributed by atoms with Crippen molar-refractivity contribution < 1.29 is 23.6 Å². The Morgan fingerprint density at radius 2 is 2.24 bits per heavy atom. The van der Waals surface area contributed by atoms with Crippen molar-refractivity contribution in [1.82, 2.24) is 10.5 Å². The molecule has 0 saturated carbocycles. The molecule has 0 radical (unpaired) electrons. The fourth-order valence-electron chi connectivity index (χ4n) is 4.62. The summed E-state index contributed by atoms with van der Waals surface area (Å²) in [6.07, 6.45) is 3.40. The standard InChI is InChI=1S/C21H21N3O5/c1-12-9-16(23-29-12)24-11-21-8-7-15(28-21)17(18(21)20(24)26)19(25)22-10-13-5-3-4-6-14(13)27-2/h3-9,15,17-18H,10-11H2,1-2H3,(H,22,25)/t15?,17?,18?,21-/m0/s1. The first-order valence-corrected chi connectivity index (χ1v) is 9.54. The van der Waals surface area contributed by atoms with E-state index >= 15 is 0 Å². The van der Waals surface area contributed by atoms with Gasteiger partial charge in [0.2, 0.25) is 11.8 Å². The van der Waals surface area contributed by atoms with Gasteiger partial charge in [-0.3, -0.25) is 14.5 Å². The summed E-state index contributed by atoms with van der Waals surface area (Å²) in [7, 11) is 1.59. The molecule has 8 heteroatoms. The number of nitrogens with one attached hydrogen (secondary N) is 1. The second-order valence-corrected chi connectivity index (χ2v) is 7.65. The van der Waals surface area contributed by atoms with Crippen LogP contribution in [0.15, 0.2) is 47.0 Å². The van der Waals surface area contributed by atoms with Gasteiger partial charge in [0, 0.05) is 18.2 Å². The third kappa shape index (κ3) is 2.66. The first-order chi connectivity index (χ1) is 14.0. The van der Waals surface area contributed by atoms with Crippen molar-refractivity contribution in [3.63, 3.8) is 0 Å². The number of ether oxygens (including phenoxy) is 2. The largest absolute Gasteiger partial charge is 0.496 e. The molecule has 8 nitrogen and oxygen atoms in total. The Morgan fingerprint density at radius 1 is 1.41 bits per heavy atom. The van der Waals surface area contributed by atoms with Gasteiger partial charge in [0.15, 0.2) is 5.82 Å². The Labute approximate surface area is 167 Å². The first kappa shape index (κ1) is 17.9. The molecule has 4 atom stereocenters. The van der Waals surface area contributed by atoms with Gasteiger partial charge in [-0.1, -0.05) is 35.5 Å². The van der Waals surface area contributed by atoms with Gasteiger partial charge in [-0.05, 0) is 13.0 Å². The fraction of sp³-hybridized carbons (Fsp3) is 0.381. The minimum absolute atomic E-state index is 0.164. The minimum atomic E-state index is -0.791. The van der Waals surface area contributed by atoms with Crippen molar-refractivity contribution in [2.24, 2.45) is 11.8 Å². The molecule has 1 aromatic heterocycles. The predicted octanol–water partition coefficient (Wildman–Crippen LogP) is 1.59. The van der Waals surface area contributed by atoms with Crippen molar-refractivity contribution in [3.8, 4) is 5.75 Å². The van der Waals surface area contributed by atoms with Crippen LogP contribution in [0.2, 0.25) is 0 Å². The number of aryl methyl sites for hydroxylation is 1. The molecule has 2 amide bonds. The van der Waals surface area contributed by atoms with Gasteiger partial charge < -0.3 is 19.3 Å².